The van der Waals surface area contributed by atoms with E-state index in [1.807, 2.05) is 26.8 Å². The second kappa shape index (κ2) is 6.95. The molecular weight excluding hydrogens is 298 g/mol. The highest BCUT2D eigenvalue weighted by Crippen LogP contribution is 2.21. The lowest BCUT2D eigenvalue weighted by Gasteiger charge is -2.36. The average molecular weight is 321 g/mol. The summed E-state index contributed by atoms with van der Waals surface area (Å²) in [5.41, 5.74) is 0.484. The molecule has 0 saturated heterocycles. The first-order valence-electron chi connectivity index (χ1n) is 7.69. The second-order valence-corrected chi connectivity index (χ2v) is 6.82. The zero-order valence-corrected chi connectivity index (χ0v) is 13.7. The van der Waals surface area contributed by atoms with Crippen molar-refractivity contribution in [2.75, 3.05) is 0 Å². The predicted molar refractivity (Wildman–Crippen MR) is 86.1 cm³/mol. The van der Waals surface area contributed by atoms with Crippen LogP contribution in [0.15, 0.2) is 24.3 Å². The van der Waals surface area contributed by atoms with Crippen molar-refractivity contribution >= 4 is 11.8 Å². The third kappa shape index (κ3) is 5.52. The molecule has 23 heavy (non-hydrogen) atoms. The van der Waals surface area contributed by atoms with E-state index in [2.05, 4.69) is 10.6 Å². The number of alkyl carbamates (subject to hydrolysis) is 1. The quantitative estimate of drug-likeness (QED) is 0.642. The molecular formula is C16H23N3O4. The van der Waals surface area contributed by atoms with Gasteiger partial charge in [0.05, 0.1) is 4.92 Å². The molecule has 2 rings (SSSR count). The Balaban J connectivity index is 1.69. The Morgan fingerprint density at radius 3 is 2.65 bits per heavy atom. The summed E-state index contributed by atoms with van der Waals surface area (Å²) in [6.07, 6.45) is 1.27. The van der Waals surface area contributed by atoms with Gasteiger partial charge in [0.15, 0.2) is 0 Å². The Morgan fingerprint density at radius 2 is 2.04 bits per heavy atom. The molecule has 1 aromatic carbocycles. The van der Waals surface area contributed by atoms with Crippen LogP contribution in [0, 0.1) is 10.1 Å². The lowest BCUT2D eigenvalue weighted by Crippen LogP contribution is -2.52. The van der Waals surface area contributed by atoms with E-state index >= 15 is 0 Å². The fraction of sp³-hybridized carbons (Fsp3) is 0.562. The highest BCUT2D eigenvalue weighted by atomic mass is 16.6. The van der Waals surface area contributed by atoms with Gasteiger partial charge in [0.25, 0.3) is 5.69 Å². The summed E-state index contributed by atoms with van der Waals surface area (Å²) in [6.45, 7) is 6.07. The van der Waals surface area contributed by atoms with Gasteiger partial charge in [0.2, 0.25) is 0 Å². The van der Waals surface area contributed by atoms with Gasteiger partial charge >= 0.3 is 6.09 Å². The molecule has 0 atom stereocenters. The van der Waals surface area contributed by atoms with Crippen LogP contribution in [0.25, 0.3) is 0 Å². The van der Waals surface area contributed by atoms with Crippen LogP contribution < -0.4 is 10.6 Å². The van der Waals surface area contributed by atoms with Crippen LogP contribution in [0.5, 0.6) is 0 Å². The van der Waals surface area contributed by atoms with E-state index in [9.17, 15) is 14.9 Å². The van der Waals surface area contributed by atoms with Gasteiger partial charge in [-0.05, 0) is 39.2 Å². The largest absolute Gasteiger partial charge is 0.444 e. The smallest absolute Gasteiger partial charge is 0.407 e. The van der Waals surface area contributed by atoms with Crippen molar-refractivity contribution in [3.05, 3.63) is 39.9 Å². The summed E-state index contributed by atoms with van der Waals surface area (Å²) in [6, 6.07) is 7.01. The van der Waals surface area contributed by atoms with Crippen molar-refractivity contribution in [1.29, 1.82) is 0 Å². The first-order valence-corrected chi connectivity index (χ1v) is 7.69. The van der Waals surface area contributed by atoms with E-state index in [1.54, 1.807) is 12.1 Å². The summed E-state index contributed by atoms with van der Waals surface area (Å²) < 4.78 is 5.21. The minimum Gasteiger partial charge on any atom is -0.444 e. The van der Waals surface area contributed by atoms with Crippen LogP contribution >= 0.6 is 0 Å². The normalized spacial score (nSPS) is 20.5. The first kappa shape index (κ1) is 17.2. The monoisotopic (exact) mass is 321 g/mol. The molecule has 0 spiro atoms. The van der Waals surface area contributed by atoms with Crippen LogP contribution in [-0.2, 0) is 11.3 Å². The minimum atomic E-state index is -0.493. The third-order valence-corrected chi connectivity index (χ3v) is 3.58. The Bertz CT molecular complexity index is 577. The van der Waals surface area contributed by atoms with Gasteiger partial charge < -0.3 is 15.4 Å². The van der Waals surface area contributed by atoms with E-state index in [-0.39, 0.29) is 17.8 Å². The van der Waals surface area contributed by atoms with E-state index in [0.29, 0.717) is 12.6 Å². The molecule has 7 heteroatoms. The fourth-order valence-electron chi connectivity index (χ4n) is 2.42. The molecule has 0 heterocycles. The van der Waals surface area contributed by atoms with Crippen LogP contribution in [0.2, 0.25) is 0 Å². The molecule has 1 aliphatic carbocycles. The molecule has 1 aliphatic rings. The number of carbonyl (C=O) groups excluding carboxylic acids is 1. The summed E-state index contributed by atoms with van der Waals surface area (Å²) in [7, 11) is 0. The summed E-state index contributed by atoms with van der Waals surface area (Å²) in [5.74, 6) is 0. The highest BCUT2D eigenvalue weighted by Gasteiger charge is 2.31. The number of hydrogen-bond donors (Lipinski definition) is 2. The Morgan fingerprint density at radius 1 is 1.35 bits per heavy atom. The number of non-ortho nitro benzene ring substituents is 1. The number of hydrogen-bond acceptors (Lipinski definition) is 5. The van der Waals surface area contributed by atoms with Crippen LogP contribution in [0.1, 0.15) is 39.2 Å². The van der Waals surface area contributed by atoms with Crippen LogP contribution in [-0.4, -0.2) is 28.7 Å². The Kier molecular flexibility index (Phi) is 5.20. The Hall–Kier alpha value is -2.15. The van der Waals surface area contributed by atoms with Crippen molar-refractivity contribution in [2.24, 2.45) is 0 Å². The SMILES string of the molecule is CC(C)(C)OC(=O)NC1CC(NCc2cccc([N+](=O)[O-])c2)C1. The summed E-state index contributed by atoms with van der Waals surface area (Å²) >= 11 is 0. The summed E-state index contributed by atoms with van der Waals surface area (Å²) in [5, 5.41) is 16.9. The number of nitrogens with zero attached hydrogens (tertiary/aromatic N) is 1. The van der Waals surface area contributed by atoms with Gasteiger partial charge in [0, 0.05) is 30.8 Å². The maximum atomic E-state index is 11.6. The standard InChI is InChI=1S/C16H23N3O4/c1-16(2,3)23-15(20)18-13-8-12(9-13)17-10-11-5-4-6-14(7-11)19(21)22/h4-7,12-13,17H,8-10H2,1-3H3,(H,18,20). The fourth-order valence-corrected chi connectivity index (χ4v) is 2.42. The number of benzene rings is 1. The van der Waals surface area contributed by atoms with Gasteiger partial charge in [-0.3, -0.25) is 10.1 Å². The first-order chi connectivity index (χ1) is 10.7. The predicted octanol–water partition coefficient (Wildman–Crippen LogP) is 2.74. The third-order valence-electron chi connectivity index (χ3n) is 3.58. The van der Waals surface area contributed by atoms with Crippen LogP contribution in [0.3, 0.4) is 0 Å². The van der Waals surface area contributed by atoms with E-state index in [1.165, 1.54) is 6.07 Å². The topological polar surface area (TPSA) is 93.5 Å². The minimum absolute atomic E-state index is 0.0994. The van der Waals surface area contributed by atoms with Crippen molar-refractivity contribution < 1.29 is 14.5 Å². The van der Waals surface area contributed by atoms with E-state index in [4.69, 9.17) is 4.74 Å². The number of rotatable bonds is 5. The van der Waals surface area contributed by atoms with Crippen molar-refractivity contribution in [3.8, 4) is 0 Å². The number of ether oxygens (including phenoxy) is 1. The molecule has 1 amide bonds. The molecule has 0 unspecified atom stereocenters. The second-order valence-electron chi connectivity index (χ2n) is 6.82. The van der Waals surface area contributed by atoms with Gasteiger partial charge in [0.1, 0.15) is 5.60 Å². The van der Waals surface area contributed by atoms with Gasteiger partial charge in [-0.2, -0.15) is 0 Å². The molecule has 7 nitrogen and oxygen atoms in total. The summed E-state index contributed by atoms with van der Waals surface area (Å²) in [4.78, 5) is 22.0. The lowest BCUT2D eigenvalue weighted by atomic mass is 9.86. The van der Waals surface area contributed by atoms with Gasteiger partial charge in [-0.25, -0.2) is 4.79 Å². The molecule has 1 aromatic rings. The van der Waals surface area contributed by atoms with Gasteiger partial charge in [-0.1, -0.05) is 12.1 Å². The van der Waals surface area contributed by atoms with Crippen LogP contribution in [0.4, 0.5) is 10.5 Å². The zero-order valence-electron chi connectivity index (χ0n) is 13.7. The van der Waals surface area contributed by atoms with Crippen molar-refractivity contribution in [3.63, 3.8) is 0 Å². The maximum Gasteiger partial charge on any atom is 0.407 e. The highest BCUT2D eigenvalue weighted by molar-refractivity contribution is 5.68. The molecule has 0 radical (unpaired) electrons. The number of nitrogens with one attached hydrogen (secondary N) is 2. The van der Waals surface area contributed by atoms with E-state index < -0.39 is 10.5 Å². The van der Waals surface area contributed by atoms with Crippen molar-refractivity contribution in [1.82, 2.24) is 10.6 Å². The molecule has 2 N–H and O–H groups in total. The number of amides is 1. The molecule has 0 aromatic heterocycles. The molecule has 0 aliphatic heterocycles. The number of nitro groups is 1. The number of carbonyl (C=O) groups is 1. The molecule has 126 valence electrons. The molecule has 1 fully saturated rings. The maximum absolute atomic E-state index is 11.6. The van der Waals surface area contributed by atoms with E-state index in [0.717, 1.165) is 18.4 Å². The van der Waals surface area contributed by atoms with Gasteiger partial charge in [-0.15, -0.1) is 0 Å². The molecule has 0 bridgehead atoms. The lowest BCUT2D eigenvalue weighted by molar-refractivity contribution is -0.384. The molecule has 1 saturated carbocycles. The number of nitro benzene ring substituents is 1. The Labute approximate surface area is 135 Å². The zero-order chi connectivity index (χ0) is 17.0. The average Bonchev–Trinajstić information content (AvgIpc) is 2.39. The van der Waals surface area contributed by atoms with Crippen molar-refractivity contribution in [2.45, 2.75) is 57.8 Å².